The molecule has 0 aliphatic rings. The zero-order chi connectivity index (χ0) is 16.8. The third-order valence-corrected chi connectivity index (χ3v) is 3.41. The van der Waals surface area contributed by atoms with Gasteiger partial charge in [0.25, 0.3) is 6.08 Å². The third kappa shape index (κ3) is 4.52. The summed E-state index contributed by atoms with van der Waals surface area (Å²) in [4.78, 5) is 3.72. The SMILES string of the molecule is C=Nc1ccc(-c2c(F)cc(CCCC=C(F)F)cc2F)cc1. The van der Waals surface area contributed by atoms with Crippen LogP contribution in [0.4, 0.5) is 23.2 Å². The Morgan fingerprint density at radius 3 is 2.17 bits per heavy atom. The summed E-state index contributed by atoms with van der Waals surface area (Å²) in [5, 5.41) is 0. The zero-order valence-electron chi connectivity index (χ0n) is 12.3. The highest BCUT2D eigenvalue weighted by Gasteiger charge is 2.13. The van der Waals surface area contributed by atoms with E-state index < -0.39 is 17.7 Å². The molecule has 1 nitrogen and oxygen atoms in total. The van der Waals surface area contributed by atoms with E-state index >= 15 is 0 Å². The minimum atomic E-state index is -1.74. The van der Waals surface area contributed by atoms with Crippen LogP contribution in [0.2, 0.25) is 0 Å². The summed E-state index contributed by atoms with van der Waals surface area (Å²) in [5.41, 5.74) is 1.35. The van der Waals surface area contributed by atoms with Crippen LogP contribution < -0.4 is 0 Å². The topological polar surface area (TPSA) is 12.4 Å². The Hall–Kier alpha value is -2.43. The van der Waals surface area contributed by atoms with Gasteiger partial charge in [0.15, 0.2) is 0 Å². The van der Waals surface area contributed by atoms with E-state index in [9.17, 15) is 17.6 Å². The summed E-state index contributed by atoms with van der Waals surface area (Å²) in [5.74, 6) is -1.35. The predicted molar refractivity (Wildman–Crippen MR) is 84.2 cm³/mol. The molecule has 0 amide bonds. The molecule has 0 radical (unpaired) electrons. The third-order valence-electron chi connectivity index (χ3n) is 3.41. The normalized spacial score (nSPS) is 10.4. The van der Waals surface area contributed by atoms with Crippen LogP contribution in [0.3, 0.4) is 0 Å². The first-order valence-corrected chi connectivity index (χ1v) is 7.07. The van der Waals surface area contributed by atoms with Crippen molar-refractivity contribution in [2.75, 3.05) is 0 Å². The lowest BCUT2D eigenvalue weighted by atomic mass is 10.00. The van der Waals surface area contributed by atoms with Gasteiger partial charge in [-0.15, -0.1) is 0 Å². The molecule has 120 valence electrons. The maximum atomic E-state index is 14.2. The molecule has 2 rings (SSSR count). The van der Waals surface area contributed by atoms with E-state index in [2.05, 4.69) is 11.7 Å². The minimum absolute atomic E-state index is 0.112. The van der Waals surface area contributed by atoms with Gasteiger partial charge in [0.1, 0.15) is 11.6 Å². The molecule has 0 spiro atoms. The summed E-state index contributed by atoms with van der Waals surface area (Å²) in [6, 6.07) is 8.86. The van der Waals surface area contributed by atoms with Crippen molar-refractivity contribution in [2.45, 2.75) is 19.3 Å². The Morgan fingerprint density at radius 2 is 1.65 bits per heavy atom. The molecule has 2 aromatic rings. The van der Waals surface area contributed by atoms with Gasteiger partial charge in [-0.3, -0.25) is 4.99 Å². The molecule has 0 aromatic heterocycles. The number of nitrogens with zero attached hydrogens (tertiary/aromatic N) is 1. The number of benzene rings is 2. The summed E-state index contributed by atoms with van der Waals surface area (Å²) in [6.07, 6.45) is -0.0401. The Labute approximate surface area is 132 Å². The molecule has 0 aliphatic heterocycles. The number of unbranched alkanes of at least 4 members (excludes halogenated alkanes) is 1. The molecule has 0 bridgehead atoms. The molecule has 0 aliphatic carbocycles. The first-order valence-electron chi connectivity index (χ1n) is 7.07. The molecule has 0 fully saturated rings. The van der Waals surface area contributed by atoms with Gasteiger partial charge in [0.05, 0.1) is 11.3 Å². The summed E-state index contributed by atoms with van der Waals surface area (Å²) in [6.45, 7) is 3.38. The fraction of sp³-hybridized carbons (Fsp3) is 0.167. The summed E-state index contributed by atoms with van der Waals surface area (Å²) >= 11 is 0. The average molecular weight is 321 g/mol. The van der Waals surface area contributed by atoms with Gasteiger partial charge in [-0.2, -0.15) is 8.78 Å². The van der Waals surface area contributed by atoms with Crippen LogP contribution in [0.5, 0.6) is 0 Å². The van der Waals surface area contributed by atoms with E-state index in [4.69, 9.17) is 0 Å². The Balaban J connectivity index is 2.19. The molecule has 0 saturated carbocycles. The van der Waals surface area contributed by atoms with Crippen molar-refractivity contribution in [1.29, 1.82) is 0 Å². The number of hydrogen-bond donors (Lipinski definition) is 0. The van der Waals surface area contributed by atoms with Crippen molar-refractivity contribution < 1.29 is 17.6 Å². The van der Waals surface area contributed by atoms with E-state index in [-0.39, 0.29) is 12.0 Å². The number of aryl methyl sites for hydroxylation is 1. The quantitative estimate of drug-likeness (QED) is 0.348. The number of allylic oxidation sites excluding steroid dienone is 1. The Morgan fingerprint density at radius 1 is 1.04 bits per heavy atom. The van der Waals surface area contributed by atoms with Gasteiger partial charge in [0, 0.05) is 0 Å². The van der Waals surface area contributed by atoms with Gasteiger partial charge in [-0.1, -0.05) is 12.1 Å². The van der Waals surface area contributed by atoms with E-state index in [1.807, 2.05) is 0 Å². The van der Waals surface area contributed by atoms with E-state index in [0.717, 1.165) is 6.08 Å². The van der Waals surface area contributed by atoms with E-state index in [0.29, 0.717) is 29.7 Å². The smallest absolute Gasteiger partial charge is 0.265 e. The number of aliphatic imine (C=N–C) groups is 1. The van der Waals surface area contributed by atoms with Crippen LogP contribution in [0.15, 0.2) is 53.5 Å². The van der Waals surface area contributed by atoms with Crippen LogP contribution in [-0.2, 0) is 6.42 Å². The fourth-order valence-corrected chi connectivity index (χ4v) is 2.30. The molecule has 0 saturated heterocycles. The van der Waals surface area contributed by atoms with Crippen molar-refractivity contribution in [3.8, 4) is 11.1 Å². The number of rotatable bonds is 6. The molecule has 5 heteroatoms. The van der Waals surface area contributed by atoms with Gasteiger partial charge >= 0.3 is 0 Å². The Bertz CT molecular complexity index is 693. The zero-order valence-corrected chi connectivity index (χ0v) is 12.3. The maximum absolute atomic E-state index is 14.2. The highest BCUT2D eigenvalue weighted by atomic mass is 19.3. The minimum Gasteiger partial charge on any atom is -0.265 e. The van der Waals surface area contributed by atoms with Crippen LogP contribution >= 0.6 is 0 Å². The van der Waals surface area contributed by atoms with Crippen LogP contribution in [-0.4, -0.2) is 6.72 Å². The molecule has 0 atom stereocenters. The molecular weight excluding hydrogens is 306 g/mol. The average Bonchev–Trinajstić information content (AvgIpc) is 2.51. The second kappa shape index (κ2) is 7.72. The van der Waals surface area contributed by atoms with Crippen molar-refractivity contribution in [1.82, 2.24) is 0 Å². The fourth-order valence-electron chi connectivity index (χ4n) is 2.30. The van der Waals surface area contributed by atoms with Crippen LogP contribution in [0.25, 0.3) is 11.1 Å². The van der Waals surface area contributed by atoms with Crippen LogP contribution in [0.1, 0.15) is 18.4 Å². The monoisotopic (exact) mass is 321 g/mol. The standard InChI is InChI=1S/C18H15F4N/c1-23-14-8-6-13(7-9-14)18-15(19)10-12(11-16(18)20)4-2-3-5-17(21)22/h5-11H,1-4H2. The molecule has 0 unspecified atom stereocenters. The van der Waals surface area contributed by atoms with E-state index in [1.165, 1.54) is 12.1 Å². The highest BCUT2D eigenvalue weighted by molar-refractivity contribution is 5.67. The van der Waals surface area contributed by atoms with Gasteiger partial charge in [0.2, 0.25) is 0 Å². The lowest BCUT2D eigenvalue weighted by Gasteiger charge is -2.09. The van der Waals surface area contributed by atoms with Crippen molar-refractivity contribution in [2.24, 2.45) is 4.99 Å². The van der Waals surface area contributed by atoms with Crippen molar-refractivity contribution in [3.05, 3.63) is 65.8 Å². The predicted octanol–water partition coefficient (Wildman–Crippen LogP) is 6.07. The lowest BCUT2D eigenvalue weighted by Crippen LogP contribution is -1.95. The lowest BCUT2D eigenvalue weighted by molar-refractivity contribution is 0.417. The first-order chi connectivity index (χ1) is 11.0. The molecule has 0 N–H and O–H groups in total. The van der Waals surface area contributed by atoms with Crippen molar-refractivity contribution in [3.63, 3.8) is 0 Å². The summed E-state index contributed by atoms with van der Waals surface area (Å²) < 4.78 is 52.2. The molecule has 23 heavy (non-hydrogen) atoms. The number of halogens is 4. The first kappa shape index (κ1) is 16.9. The largest absolute Gasteiger partial charge is 0.266 e. The Kier molecular flexibility index (Phi) is 5.68. The van der Waals surface area contributed by atoms with Gasteiger partial charge in [-0.05, 0) is 67.4 Å². The molecule has 0 heterocycles. The van der Waals surface area contributed by atoms with Gasteiger partial charge in [-0.25, -0.2) is 8.78 Å². The van der Waals surface area contributed by atoms with Crippen molar-refractivity contribution >= 4 is 12.4 Å². The number of hydrogen-bond acceptors (Lipinski definition) is 1. The maximum Gasteiger partial charge on any atom is 0.266 e. The van der Waals surface area contributed by atoms with E-state index in [1.54, 1.807) is 24.3 Å². The summed E-state index contributed by atoms with van der Waals surface area (Å²) in [7, 11) is 0. The molecular formula is C18H15F4N. The van der Waals surface area contributed by atoms with Gasteiger partial charge < -0.3 is 0 Å². The van der Waals surface area contributed by atoms with Crippen LogP contribution in [0, 0.1) is 11.6 Å². The second-order valence-corrected chi connectivity index (χ2v) is 5.03. The second-order valence-electron chi connectivity index (χ2n) is 5.03. The molecule has 2 aromatic carbocycles. The highest BCUT2D eigenvalue weighted by Crippen LogP contribution is 2.29.